The minimum absolute atomic E-state index is 0.712. The molecule has 0 unspecified atom stereocenters. The zero-order chi connectivity index (χ0) is 20.9. The Morgan fingerprint density at radius 1 is 0.667 bits per heavy atom. The van der Waals surface area contributed by atoms with E-state index in [0.29, 0.717) is 5.89 Å². The van der Waals surface area contributed by atoms with Crippen molar-refractivity contribution in [2.45, 2.75) is 96.8 Å². The van der Waals surface area contributed by atoms with Crippen molar-refractivity contribution < 1.29 is 4.42 Å². The Bertz CT molecular complexity index is 836. The van der Waals surface area contributed by atoms with Gasteiger partial charge in [-0.05, 0) is 42.7 Å². The maximum absolute atomic E-state index is 6.00. The highest BCUT2D eigenvalue weighted by molar-refractivity contribution is 5.76. The number of oxazole rings is 1. The van der Waals surface area contributed by atoms with Gasteiger partial charge in [-0.15, -0.1) is 0 Å². The van der Waals surface area contributed by atoms with E-state index >= 15 is 0 Å². The first kappa shape index (κ1) is 22.6. The highest BCUT2D eigenvalue weighted by Crippen LogP contribution is 2.25. The summed E-state index contributed by atoms with van der Waals surface area (Å²) in [6.07, 6.45) is 19.3. The average Bonchev–Trinajstić information content (AvgIpc) is 3.21. The topological polar surface area (TPSA) is 26.0 Å². The average molecular weight is 406 g/mol. The van der Waals surface area contributed by atoms with Gasteiger partial charge in [0.2, 0.25) is 5.89 Å². The summed E-state index contributed by atoms with van der Waals surface area (Å²) in [7, 11) is 0. The van der Waals surface area contributed by atoms with Gasteiger partial charge in [0.15, 0.2) is 5.58 Å². The third-order valence-corrected chi connectivity index (χ3v) is 6.04. The van der Waals surface area contributed by atoms with Gasteiger partial charge in [0, 0.05) is 5.56 Å². The summed E-state index contributed by atoms with van der Waals surface area (Å²) in [6.45, 7) is 2.29. The summed E-state index contributed by atoms with van der Waals surface area (Å²) in [5.41, 5.74) is 4.25. The molecule has 0 N–H and O–H groups in total. The second-order valence-corrected chi connectivity index (χ2v) is 8.68. The summed E-state index contributed by atoms with van der Waals surface area (Å²) < 4.78 is 6.00. The van der Waals surface area contributed by atoms with Crippen molar-refractivity contribution in [3.63, 3.8) is 0 Å². The molecule has 0 atom stereocenters. The quantitative estimate of drug-likeness (QED) is 0.236. The molecule has 2 heteroatoms. The van der Waals surface area contributed by atoms with E-state index in [1.165, 1.54) is 89.0 Å². The van der Waals surface area contributed by atoms with E-state index in [9.17, 15) is 0 Å². The van der Waals surface area contributed by atoms with Crippen LogP contribution in [0.25, 0.3) is 22.6 Å². The lowest BCUT2D eigenvalue weighted by molar-refractivity contribution is 0.539. The van der Waals surface area contributed by atoms with Gasteiger partial charge in [-0.1, -0.05) is 108 Å². The van der Waals surface area contributed by atoms with Crippen molar-refractivity contribution in [1.29, 1.82) is 0 Å². The van der Waals surface area contributed by atoms with Crippen molar-refractivity contribution in [1.82, 2.24) is 4.98 Å². The molecule has 0 aliphatic heterocycles. The molecule has 1 aromatic heterocycles. The van der Waals surface area contributed by atoms with E-state index in [1.807, 2.05) is 30.3 Å². The summed E-state index contributed by atoms with van der Waals surface area (Å²) in [4.78, 5) is 4.63. The zero-order valence-corrected chi connectivity index (χ0v) is 18.9. The molecule has 0 saturated heterocycles. The molecule has 30 heavy (non-hydrogen) atoms. The smallest absolute Gasteiger partial charge is 0.227 e. The normalized spacial score (nSPS) is 11.4. The lowest BCUT2D eigenvalue weighted by Crippen LogP contribution is -1.87. The maximum Gasteiger partial charge on any atom is 0.227 e. The monoisotopic (exact) mass is 405 g/mol. The van der Waals surface area contributed by atoms with Gasteiger partial charge < -0.3 is 4.42 Å². The van der Waals surface area contributed by atoms with E-state index in [1.54, 1.807) is 0 Å². The predicted molar refractivity (Wildman–Crippen MR) is 129 cm³/mol. The Labute approximate surface area is 183 Å². The minimum Gasteiger partial charge on any atom is -0.436 e. The van der Waals surface area contributed by atoms with E-state index in [2.05, 4.69) is 30.1 Å². The lowest BCUT2D eigenvalue weighted by atomic mass is 10.0. The van der Waals surface area contributed by atoms with Crippen LogP contribution in [0.4, 0.5) is 0 Å². The van der Waals surface area contributed by atoms with Gasteiger partial charge in [-0.2, -0.15) is 0 Å². The fraction of sp³-hybridized carbons (Fsp3) is 0.536. The van der Waals surface area contributed by atoms with E-state index < -0.39 is 0 Å². The number of hydrogen-bond donors (Lipinski definition) is 0. The largest absolute Gasteiger partial charge is 0.436 e. The Hall–Kier alpha value is -2.09. The van der Waals surface area contributed by atoms with Crippen LogP contribution in [0.5, 0.6) is 0 Å². The molecule has 0 aliphatic carbocycles. The van der Waals surface area contributed by atoms with Gasteiger partial charge in [0.05, 0.1) is 0 Å². The minimum atomic E-state index is 0.712. The summed E-state index contributed by atoms with van der Waals surface area (Å²) in [6, 6.07) is 16.6. The molecule has 2 aromatic carbocycles. The van der Waals surface area contributed by atoms with Crippen LogP contribution in [0, 0.1) is 0 Å². The number of aryl methyl sites for hydroxylation is 1. The van der Waals surface area contributed by atoms with Crippen molar-refractivity contribution in [2.24, 2.45) is 0 Å². The second-order valence-electron chi connectivity index (χ2n) is 8.68. The summed E-state index contributed by atoms with van der Waals surface area (Å²) in [5.74, 6) is 0.712. The van der Waals surface area contributed by atoms with Crippen molar-refractivity contribution in [3.05, 3.63) is 54.1 Å². The molecule has 0 amide bonds. The van der Waals surface area contributed by atoms with Gasteiger partial charge >= 0.3 is 0 Å². The van der Waals surface area contributed by atoms with Gasteiger partial charge in [-0.3, -0.25) is 0 Å². The molecule has 1 heterocycles. The number of unbranched alkanes of at least 4 members (excludes halogenated alkanes) is 12. The number of aromatic nitrogens is 1. The van der Waals surface area contributed by atoms with E-state index in [-0.39, 0.29) is 0 Å². The fourth-order valence-corrected chi connectivity index (χ4v) is 4.18. The molecule has 0 bridgehead atoms. The van der Waals surface area contributed by atoms with Crippen LogP contribution in [-0.4, -0.2) is 4.98 Å². The highest BCUT2D eigenvalue weighted by atomic mass is 16.3. The molecular formula is C28H39NO. The molecule has 0 spiro atoms. The van der Waals surface area contributed by atoms with Crippen LogP contribution in [0.3, 0.4) is 0 Å². The van der Waals surface area contributed by atoms with Gasteiger partial charge in [-0.25, -0.2) is 4.98 Å². The molecule has 162 valence electrons. The number of benzene rings is 2. The van der Waals surface area contributed by atoms with E-state index in [4.69, 9.17) is 4.42 Å². The lowest BCUT2D eigenvalue weighted by Gasteiger charge is -2.03. The molecule has 0 fully saturated rings. The molecule has 0 saturated carbocycles. The van der Waals surface area contributed by atoms with Crippen LogP contribution in [-0.2, 0) is 6.42 Å². The van der Waals surface area contributed by atoms with Crippen LogP contribution < -0.4 is 0 Å². The van der Waals surface area contributed by atoms with Crippen molar-refractivity contribution in [3.8, 4) is 11.5 Å². The SMILES string of the molecule is CCCCCCCCCCCCCCCc1ccc2nc(-c3ccccc3)oc2c1. The highest BCUT2D eigenvalue weighted by Gasteiger charge is 2.08. The van der Waals surface area contributed by atoms with Crippen molar-refractivity contribution in [2.75, 3.05) is 0 Å². The molecule has 3 aromatic rings. The predicted octanol–water partition coefficient (Wildman–Crippen LogP) is 9.13. The van der Waals surface area contributed by atoms with Gasteiger partial charge in [0.1, 0.15) is 5.52 Å². The van der Waals surface area contributed by atoms with Crippen LogP contribution in [0.2, 0.25) is 0 Å². The molecule has 3 rings (SSSR count). The van der Waals surface area contributed by atoms with Crippen molar-refractivity contribution >= 4 is 11.1 Å². The summed E-state index contributed by atoms with van der Waals surface area (Å²) in [5, 5.41) is 0. The number of fused-ring (bicyclic) bond motifs is 1. The van der Waals surface area contributed by atoms with E-state index in [0.717, 1.165) is 23.1 Å². The third kappa shape index (κ3) is 7.63. The standard InChI is InChI=1S/C28H39NO/c1-2-3-4-5-6-7-8-9-10-11-12-13-15-18-24-21-22-26-27(23-24)30-28(29-26)25-19-16-14-17-20-25/h14,16-17,19-23H,2-13,15,18H2,1H3. The zero-order valence-electron chi connectivity index (χ0n) is 18.9. The van der Waals surface area contributed by atoms with Crippen LogP contribution in [0.1, 0.15) is 96.0 Å². The Kier molecular flexibility index (Phi) is 9.99. The van der Waals surface area contributed by atoms with Crippen LogP contribution in [0.15, 0.2) is 52.9 Å². The Morgan fingerprint density at radius 3 is 1.90 bits per heavy atom. The fourth-order valence-electron chi connectivity index (χ4n) is 4.18. The first-order chi connectivity index (χ1) is 14.9. The molecule has 2 nitrogen and oxygen atoms in total. The molecular weight excluding hydrogens is 366 g/mol. The third-order valence-electron chi connectivity index (χ3n) is 6.04. The number of rotatable bonds is 15. The summed E-state index contributed by atoms with van der Waals surface area (Å²) >= 11 is 0. The van der Waals surface area contributed by atoms with Crippen LogP contribution >= 0.6 is 0 Å². The Balaban J connectivity index is 1.27. The number of hydrogen-bond acceptors (Lipinski definition) is 2. The first-order valence-corrected chi connectivity index (χ1v) is 12.3. The molecule has 0 aliphatic rings. The second kappa shape index (κ2) is 13.3. The number of nitrogens with zero attached hydrogens (tertiary/aromatic N) is 1. The maximum atomic E-state index is 6.00. The Morgan fingerprint density at radius 2 is 1.27 bits per heavy atom. The van der Waals surface area contributed by atoms with Gasteiger partial charge in [0.25, 0.3) is 0 Å². The first-order valence-electron chi connectivity index (χ1n) is 12.3. The molecule has 0 radical (unpaired) electrons.